The minimum Gasteiger partial charge on any atom is -0.340 e. The van der Waals surface area contributed by atoms with Crippen molar-refractivity contribution >= 4 is 5.91 Å². The summed E-state index contributed by atoms with van der Waals surface area (Å²) in [6.07, 6.45) is 4.78. The van der Waals surface area contributed by atoms with Crippen LogP contribution < -0.4 is 11.3 Å². The van der Waals surface area contributed by atoms with E-state index in [0.717, 1.165) is 49.9 Å². The predicted octanol–water partition coefficient (Wildman–Crippen LogP) is 1.13. The first kappa shape index (κ1) is 17.7. The van der Waals surface area contributed by atoms with E-state index < -0.39 is 5.54 Å². The molecule has 1 saturated carbocycles. The monoisotopic (exact) mass is 358 g/mol. The Morgan fingerprint density at radius 1 is 1.23 bits per heavy atom. The van der Waals surface area contributed by atoms with E-state index in [4.69, 9.17) is 5.73 Å². The first-order valence-electron chi connectivity index (χ1n) is 9.83. The van der Waals surface area contributed by atoms with Gasteiger partial charge in [-0.3, -0.25) is 9.59 Å². The number of piperidine rings is 1. The van der Waals surface area contributed by atoms with Crippen molar-refractivity contribution in [2.45, 2.75) is 56.7 Å². The second-order valence-corrected chi connectivity index (χ2v) is 8.81. The molecule has 3 aliphatic rings. The van der Waals surface area contributed by atoms with E-state index in [1.54, 1.807) is 0 Å². The third kappa shape index (κ3) is 2.99. The molecule has 1 aromatic rings. The van der Waals surface area contributed by atoms with Gasteiger partial charge in [-0.15, -0.1) is 0 Å². The molecule has 2 bridgehead atoms. The number of hydrogen-bond acceptors (Lipinski definition) is 4. The summed E-state index contributed by atoms with van der Waals surface area (Å²) in [5.74, 6) is 0.727. The number of amides is 1. The number of nitrogens with zero attached hydrogens (tertiary/aromatic N) is 3. The van der Waals surface area contributed by atoms with Crippen LogP contribution in [-0.2, 0) is 17.9 Å². The molecule has 1 aromatic heterocycles. The quantitative estimate of drug-likeness (QED) is 0.879. The van der Waals surface area contributed by atoms with Gasteiger partial charge in [0.25, 0.3) is 5.56 Å². The molecule has 6 nitrogen and oxygen atoms in total. The fourth-order valence-corrected chi connectivity index (χ4v) is 5.15. The van der Waals surface area contributed by atoms with Gasteiger partial charge in [-0.2, -0.15) is 0 Å². The van der Waals surface area contributed by atoms with Crippen molar-refractivity contribution in [3.8, 4) is 0 Å². The van der Waals surface area contributed by atoms with Crippen LogP contribution in [0, 0.1) is 5.92 Å². The molecule has 1 amide bonds. The maximum Gasteiger partial charge on any atom is 0.255 e. The Labute approximate surface area is 155 Å². The number of rotatable bonds is 3. The Hall–Kier alpha value is -1.66. The topological polar surface area (TPSA) is 71.6 Å². The lowest BCUT2D eigenvalue weighted by atomic mass is 9.82. The van der Waals surface area contributed by atoms with Crippen molar-refractivity contribution in [2.75, 3.05) is 27.2 Å². The van der Waals surface area contributed by atoms with Crippen molar-refractivity contribution in [3.05, 3.63) is 33.7 Å². The molecule has 0 spiro atoms. The van der Waals surface area contributed by atoms with Gasteiger partial charge in [-0.05, 0) is 45.3 Å². The molecular weight excluding hydrogens is 328 g/mol. The highest BCUT2D eigenvalue weighted by molar-refractivity contribution is 5.86. The van der Waals surface area contributed by atoms with E-state index in [0.29, 0.717) is 25.6 Å². The lowest BCUT2D eigenvalue weighted by Crippen LogP contribution is -2.58. The Morgan fingerprint density at radius 2 is 1.96 bits per heavy atom. The van der Waals surface area contributed by atoms with Crippen LogP contribution in [-0.4, -0.2) is 53.0 Å². The van der Waals surface area contributed by atoms with Crippen LogP contribution in [0.2, 0.25) is 0 Å². The van der Waals surface area contributed by atoms with E-state index in [-0.39, 0.29) is 17.4 Å². The number of carbonyl (C=O) groups is 1. The van der Waals surface area contributed by atoms with Crippen molar-refractivity contribution < 1.29 is 4.79 Å². The van der Waals surface area contributed by atoms with Crippen molar-refractivity contribution in [1.82, 2.24) is 14.4 Å². The van der Waals surface area contributed by atoms with Crippen molar-refractivity contribution in [1.29, 1.82) is 0 Å². The predicted molar refractivity (Wildman–Crippen MR) is 101 cm³/mol. The fraction of sp³-hybridized carbons (Fsp3) is 0.700. The third-order valence-corrected chi connectivity index (χ3v) is 6.38. The molecule has 1 aliphatic carbocycles. The van der Waals surface area contributed by atoms with Crippen molar-refractivity contribution in [3.63, 3.8) is 0 Å². The minimum atomic E-state index is -0.652. The number of aromatic nitrogens is 1. The average molecular weight is 358 g/mol. The fourth-order valence-electron chi connectivity index (χ4n) is 5.15. The summed E-state index contributed by atoms with van der Waals surface area (Å²) in [4.78, 5) is 29.9. The highest BCUT2D eigenvalue weighted by atomic mass is 16.2. The first-order chi connectivity index (χ1) is 12.4. The average Bonchev–Trinajstić information content (AvgIpc) is 3.04. The molecule has 2 atom stereocenters. The van der Waals surface area contributed by atoms with Gasteiger partial charge in [-0.25, -0.2) is 0 Å². The number of pyridine rings is 1. The van der Waals surface area contributed by atoms with Crippen LogP contribution >= 0.6 is 0 Å². The normalized spacial score (nSPS) is 26.8. The highest BCUT2D eigenvalue weighted by Crippen LogP contribution is 2.37. The van der Waals surface area contributed by atoms with Gasteiger partial charge in [0.2, 0.25) is 5.91 Å². The molecule has 2 N–H and O–H groups in total. The van der Waals surface area contributed by atoms with E-state index in [1.165, 1.54) is 0 Å². The second-order valence-electron chi connectivity index (χ2n) is 8.81. The number of likely N-dealkylation sites (tertiary alicyclic amines) is 1. The minimum absolute atomic E-state index is 0.129. The zero-order chi connectivity index (χ0) is 18.5. The highest BCUT2D eigenvalue weighted by Gasteiger charge is 2.44. The van der Waals surface area contributed by atoms with Crippen LogP contribution in [0.1, 0.15) is 49.3 Å². The summed E-state index contributed by atoms with van der Waals surface area (Å²) in [6, 6.07) is 4.07. The Morgan fingerprint density at radius 3 is 2.65 bits per heavy atom. The van der Waals surface area contributed by atoms with Crippen molar-refractivity contribution in [2.24, 2.45) is 11.7 Å². The number of hydrogen-bond donors (Lipinski definition) is 1. The number of carbonyl (C=O) groups excluding carboxylic acids is 1. The van der Waals surface area contributed by atoms with Crippen LogP contribution in [0.3, 0.4) is 0 Å². The maximum absolute atomic E-state index is 13.0. The van der Waals surface area contributed by atoms with Crippen LogP contribution in [0.4, 0.5) is 0 Å². The second kappa shape index (κ2) is 6.50. The lowest BCUT2D eigenvalue weighted by molar-refractivity contribution is -0.139. The van der Waals surface area contributed by atoms with Gasteiger partial charge in [0.15, 0.2) is 0 Å². The van der Waals surface area contributed by atoms with Gasteiger partial charge in [0.1, 0.15) is 0 Å². The summed E-state index contributed by atoms with van der Waals surface area (Å²) in [5.41, 5.74) is 7.83. The molecule has 0 unspecified atom stereocenters. The van der Waals surface area contributed by atoms with Crippen LogP contribution in [0.5, 0.6) is 0 Å². The van der Waals surface area contributed by atoms with Crippen LogP contribution in [0.25, 0.3) is 0 Å². The molecule has 2 fully saturated rings. The molecule has 3 heterocycles. The lowest BCUT2D eigenvalue weighted by Gasteiger charge is -2.45. The van der Waals surface area contributed by atoms with Gasteiger partial charge in [0, 0.05) is 43.4 Å². The van der Waals surface area contributed by atoms with Crippen LogP contribution in [0.15, 0.2) is 16.9 Å². The zero-order valence-corrected chi connectivity index (χ0v) is 15.9. The van der Waals surface area contributed by atoms with Gasteiger partial charge >= 0.3 is 0 Å². The molecular formula is C20H30N4O2. The summed E-state index contributed by atoms with van der Waals surface area (Å²) in [5, 5.41) is 0. The van der Waals surface area contributed by atoms with E-state index in [1.807, 2.05) is 34.5 Å². The maximum atomic E-state index is 13.0. The van der Waals surface area contributed by atoms with Gasteiger partial charge in [-0.1, -0.05) is 18.9 Å². The Balaban J connectivity index is 1.59. The summed E-state index contributed by atoms with van der Waals surface area (Å²) < 4.78 is 1.97. The first-order valence-corrected chi connectivity index (χ1v) is 9.83. The number of fused-ring (bicyclic) bond motifs is 4. The Bertz CT molecular complexity index is 764. The molecule has 6 heteroatoms. The molecule has 1 saturated heterocycles. The van der Waals surface area contributed by atoms with Gasteiger partial charge < -0.3 is 20.1 Å². The Kier molecular flexibility index (Phi) is 4.43. The summed E-state index contributed by atoms with van der Waals surface area (Å²) in [7, 11) is 3.96. The molecule has 0 radical (unpaired) electrons. The molecule has 26 heavy (non-hydrogen) atoms. The zero-order valence-electron chi connectivity index (χ0n) is 15.9. The smallest absolute Gasteiger partial charge is 0.255 e. The summed E-state index contributed by atoms with van der Waals surface area (Å²) >= 11 is 0. The standard InChI is InChI=1S/C20H30N4O2/c1-22(2)12-15-5-6-17-16-9-14(11-24(17)18(15)25)10-23(13-16)19(26)20(21)7-3-4-8-20/h5-6,14,16H,3-4,7-13,21H2,1-2H3/t14-,16+/m0/s1. The molecule has 4 rings (SSSR count). The molecule has 0 aromatic carbocycles. The van der Waals surface area contributed by atoms with E-state index in [2.05, 4.69) is 6.07 Å². The third-order valence-electron chi connectivity index (χ3n) is 6.38. The number of nitrogens with two attached hydrogens (primary N) is 1. The van der Waals surface area contributed by atoms with Gasteiger partial charge in [0.05, 0.1) is 5.54 Å². The largest absolute Gasteiger partial charge is 0.340 e. The molecule has 2 aliphatic heterocycles. The summed E-state index contributed by atoms with van der Waals surface area (Å²) in [6.45, 7) is 2.81. The molecule has 142 valence electrons. The SMILES string of the molecule is CN(C)Cc1ccc2n(c1=O)C[C@H]1C[C@@H]2CN(C(=O)C2(N)CCCC2)C1. The van der Waals surface area contributed by atoms with E-state index in [9.17, 15) is 9.59 Å². The van der Waals surface area contributed by atoms with E-state index >= 15 is 0 Å².